The molecular formula is C19H21FN2O6S2. The molecule has 0 atom stereocenters. The molecule has 0 aliphatic carbocycles. The number of carbonyl (C=O) groups is 1. The van der Waals surface area contributed by atoms with Crippen molar-refractivity contribution in [1.29, 1.82) is 0 Å². The molecule has 1 fully saturated rings. The Balaban J connectivity index is 1.93. The number of rotatable bonds is 6. The molecule has 1 saturated heterocycles. The normalized spacial score (nSPS) is 15.7. The first-order chi connectivity index (χ1) is 14.2. The molecule has 1 N–H and O–H groups in total. The van der Waals surface area contributed by atoms with Crippen molar-refractivity contribution in [1.82, 2.24) is 4.31 Å². The standard InChI is InChI=1S/C19H21FN2O6S2/c1-2-29(24,25)17-6-4-3-5-15(17)19(23)21-14-7-8-16(20)18(13-14)30(26,27)22-9-11-28-12-10-22/h3-8,13H,2,9-12H2,1H3,(H,21,23). The maximum Gasteiger partial charge on any atom is 0.256 e. The molecule has 0 spiro atoms. The van der Waals surface area contributed by atoms with E-state index in [0.717, 1.165) is 16.4 Å². The fraction of sp³-hybridized carbons (Fsp3) is 0.316. The van der Waals surface area contributed by atoms with Gasteiger partial charge in [0, 0.05) is 18.8 Å². The van der Waals surface area contributed by atoms with Crippen molar-refractivity contribution in [2.24, 2.45) is 0 Å². The first-order valence-corrected chi connectivity index (χ1v) is 12.3. The molecule has 1 amide bonds. The summed E-state index contributed by atoms with van der Waals surface area (Å²) in [5.41, 5.74) is -0.0572. The van der Waals surface area contributed by atoms with Crippen LogP contribution < -0.4 is 5.32 Å². The van der Waals surface area contributed by atoms with Crippen LogP contribution in [0.1, 0.15) is 17.3 Å². The average molecular weight is 457 g/mol. The number of morpholine rings is 1. The summed E-state index contributed by atoms with van der Waals surface area (Å²) in [6.45, 7) is 2.08. The molecule has 0 aromatic heterocycles. The summed E-state index contributed by atoms with van der Waals surface area (Å²) in [5.74, 6) is -1.88. The summed E-state index contributed by atoms with van der Waals surface area (Å²) in [5, 5.41) is 2.46. The van der Waals surface area contributed by atoms with E-state index in [2.05, 4.69) is 5.32 Å². The van der Waals surface area contributed by atoms with Crippen LogP contribution in [-0.2, 0) is 24.6 Å². The minimum Gasteiger partial charge on any atom is -0.379 e. The molecule has 11 heteroatoms. The Bertz CT molecular complexity index is 1160. The number of benzene rings is 2. The second-order valence-corrected chi connectivity index (χ2v) is 10.7. The highest BCUT2D eigenvalue weighted by atomic mass is 32.2. The molecule has 0 unspecified atom stereocenters. The van der Waals surface area contributed by atoms with Gasteiger partial charge in [0.25, 0.3) is 5.91 Å². The number of hydrogen-bond acceptors (Lipinski definition) is 6. The van der Waals surface area contributed by atoms with Gasteiger partial charge in [-0.05, 0) is 30.3 Å². The highest BCUT2D eigenvalue weighted by Crippen LogP contribution is 2.25. The summed E-state index contributed by atoms with van der Waals surface area (Å²) in [4.78, 5) is 12.0. The first-order valence-electron chi connectivity index (χ1n) is 9.17. The fourth-order valence-electron chi connectivity index (χ4n) is 2.98. The Hall–Kier alpha value is -2.34. The highest BCUT2D eigenvalue weighted by molar-refractivity contribution is 7.91. The third-order valence-corrected chi connectivity index (χ3v) is 8.32. The van der Waals surface area contributed by atoms with Gasteiger partial charge in [-0.1, -0.05) is 19.1 Å². The predicted molar refractivity (Wildman–Crippen MR) is 108 cm³/mol. The van der Waals surface area contributed by atoms with Gasteiger partial charge in [-0.3, -0.25) is 4.79 Å². The maximum absolute atomic E-state index is 14.3. The second kappa shape index (κ2) is 8.80. The molecule has 0 radical (unpaired) electrons. The molecule has 2 aromatic rings. The van der Waals surface area contributed by atoms with E-state index < -0.39 is 36.5 Å². The van der Waals surface area contributed by atoms with E-state index in [9.17, 15) is 26.0 Å². The van der Waals surface area contributed by atoms with Crippen LogP contribution in [0, 0.1) is 5.82 Å². The van der Waals surface area contributed by atoms with Crippen molar-refractivity contribution >= 4 is 31.5 Å². The van der Waals surface area contributed by atoms with Crippen molar-refractivity contribution in [2.45, 2.75) is 16.7 Å². The molecule has 1 heterocycles. The Kier molecular flexibility index (Phi) is 6.56. The van der Waals surface area contributed by atoms with Gasteiger partial charge in [0.1, 0.15) is 10.7 Å². The largest absolute Gasteiger partial charge is 0.379 e. The van der Waals surface area contributed by atoms with Crippen molar-refractivity contribution in [2.75, 3.05) is 37.4 Å². The number of nitrogens with zero attached hydrogens (tertiary/aromatic N) is 1. The number of hydrogen-bond donors (Lipinski definition) is 1. The number of amides is 1. The Morgan fingerprint density at radius 1 is 1.07 bits per heavy atom. The van der Waals surface area contributed by atoms with Gasteiger partial charge >= 0.3 is 0 Å². The maximum atomic E-state index is 14.3. The number of halogens is 1. The van der Waals surface area contributed by atoms with E-state index in [0.29, 0.717) is 0 Å². The highest BCUT2D eigenvalue weighted by Gasteiger charge is 2.29. The quantitative estimate of drug-likeness (QED) is 0.711. The average Bonchev–Trinajstić information content (AvgIpc) is 2.75. The van der Waals surface area contributed by atoms with E-state index in [4.69, 9.17) is 4.74 Å². The Morgan fingerprint density at radius 2 is 1.73 bits per heavy atom. The molecule has 30 heavy (non-hydrogen) atoms. The van der Waals surface area contributed by atoms with Crippen LogP contribution in [0.5, 0.6) is 0 Å². The molecule has 8 nitrogen and oxygen atoms in total. The number of sulfonamides is 1. The third-order valence-electron chi connectivity index (χ3n) is 4.62. The zero-order valence-electron chi connectivity index (χ0n) is 16.2. The van der Waals surface area contributed by atoms with E-state index in [1.54, 1.807) is 0 Å². The molecule has 0 bridgehead atoms. The topological polar surface area (TPSA) is 110 Å². The number of anilines is 1. The van der Waals surface area contributed by atoms with Crippen LogP contribution in [-0.4, -0.2) is 59.1 Å². The van der Waals surface area contributed by atoms with Crippen LogP contribution in [0.25, 0.3) is 0 Å². The second-order valence-electron chi connectivity index (χ2n) is 6.52. The lowest BCUT2D eigenvalue weighted by Crippen LogP contribution is -2.40. The number of nitrogens with one attached hydrogen (secondary N) is 1. The number of ether oxygens (including phenoxy) is 1. The van der Waals surface area contributed by atoms with Gasteiger partial charge in [0.2, 0.25) is 10.0 Å². The summed E-state index contributed by atoms with van der Waals surface area (Å²) in [6.07, 6.45) is 0. The third kappa shape index (κ3) is 4.53. The van der Waals surface area contributed by atoms with E-state index >= 15 is 0 Å². The fourth-order valence-corrected chi connectivity index (χ4v) is 5.58. The van der Waals surface area contributed by atoms with Gasteiger partial charge in [0.05, 0.1) is 29.4 Å². The SMILES string of the molecule is CCS(=O)(=O)c1ccccc1C(=O)Nc1ccc(F)c(S(=O)(=O)N2CCOCC2)c1. The summed E-state index contributed by atoms with van der Waals surface area (Å²) < 4.78 is 70.6. The number of sulfone groups is 1. The molecular weight excluding hydrogens is 435 g/mol. The van der Waals surface area contributed by atoms with Crippen LogP contribution in [0.2, 0.25) is 0 Å². The van der Waals surface area contributed by atoms with Gasteiger partial charge in [-0.2, -0.15) is 4.31 Å². The summed E-state index contributed by atoms with van der Waals surface area (Å²) in [6, 6.07) is 8.88. The van der Waals surface area contributed by atoms with Crippen molar-refractivity contribution in [3.8, 4) is 0 Å². The predicted octanol–water partition coefficient (Wildman–Crippen LogP) is 1.89. The van der Waals surface area contributed by atoms with Gasteiger partial charge in [0.15, 0.2) is 9.84 Å². The van der Waals surface area contributed by atoms with Crippen LogP contribution >= 0.6 is 0 Å². The Labute approximate surface area is 174 Å². The Morgan fingerprint density at radius 3 is 2.40 bits per heavy atom. The molecule has 0 saturated carbocycles. The minimum atomic E-state index is -4.12. The van der Waals surface area contributed by atoms with Crippen LogP contribution in [0.15, 0.2) is 52.3 Å². The zero-order chi connectivity index (χ0) is 21.9. The molecule has 2 aromatic carbocycles. The summed E-state index contributed by atoms with van der Waals surface area (Å²) in [7, 11) is -7.77. The lowest BCUT2D eigenvalue weighted by molar-refractivity contribution is 0.0729. The molecule has 162 valence electrons. The first kappa shape index (κ1) is 22.3. The molecule has 1 aliphatic rings. The molecule has 1 aliphatic heterocycles. The van der Waals surface area contributed by atoms with Gasteiger partial charge in [-0.15, -0.1) is 0 Å². The zero-order valence-corrected chi connectivity index (χ0v) is 17.8. The van der Waals surface area contributed by atoms with Gasteiger partial charge < -0.3 is 10.1 Å². The van der Waals surface area contributed by atoms with Crippen molar-refractivity contribution < 1.29 is 30.8 Å². The van der Waals surface area contributed by atoms with E-state index in [-0.39, 0.29) is 48.2 Å². The van der Waals surface area contributed by atoms with E-state index in [1.165, 1.54) is 37.3 Å². The lowest BCUT2D eigenvalue weighted by atomic mass is 10.2. The lowest BCUT2D eigenvalue weighted by Gasteiger charge is -2.26. The monoisotopic (exact) mass is 456 g/mol. The van der Waals surface area contributed by atoms with Crippen LogP contribution in [0.3, 0.4) is 0 Å². The van der Waals surface area contributed by atoms with Gasteiger partial charge in [-0.25, -0.2) is 21.2 Å². The minimum absolute atomic E-state index is 0.0249. The molecule has 3 rings (SSSR count). The van der Waals surface area contributed by atoms with E-state index in [1.807, 2.05) is 0 Å². The van der Waals surface area contributed by atoms with Crippen molar-refractivity contribution in [3.05, 3.63) is 53.8 Å². The smallest absolute Gasteiger partial charge is 0.256 e. The number of carbonyl (C=O) groups excluding carboxylic acids is 1. The van der Waals surface area contributed by atoms with Crippen molar-refractivity contribution in [3.63, 3.8) is 0 Å². The van der Waals surface area contributed by atoms with Crippen LogP contribution in [0.4, 0.5) is 10.1 Å². The summed E-state index contributed by atoms with van der Waals surface area (Å²) >= 11 is 0.